The highest BCUT2D eigenvalue weighted by Gasteiger charge is 2.04. The van der Waals surface area contributed by atoms with Gasteiger partial charge in [0.1, 0.15) is 0 Å². The number of hydrogen-bond donors (Lipinski definition) is 0. The van der Waals surface area contributed by atoms with Crippen molar-refractivity contribution in [2.24, 2.45) is 0 Å². The first-order valence-electron chi connectivity index (χ1n) is 12.1. The molecule has 0 bridgehead atoms. The predicted molar refractivity (Wildman–Crippen MR) is 121 cm³/mol. The lowest BCUT2D eigenvalue weighted by atomic mass is 10.0. The summed E-state index contributed by atoms with van der Waals surface area (Å²) in [6.07, 6.45) is 23.6. The first kappa shape index (κ1) is 24.2. The highest BCUT2D eigenvalue weighted by molar-refractivity contribution is 5.22. The van der Waals surface area contributed by atoms with E-state index in [1.54, 1.807) is 0 Å². The van der Waals surface area contributed by atoms with Crippen LogP contribution < -0.4 is 0 Å². The Labute approximate surface area is 170 Å². The highest BCUT2D eigenvalue weighted by Crippen LogP contribution is 2.16. The van der Waals surface area contributed by atoms with Gasteiger partial charge in [0.25, 0.3) is 0 Å². The molecule has 0 atom stereocenters. The summed E-state index contributed by atoms with van der Waals surface area (Å²) in [6, 6.07) is 4.69. The molecule has 0 unspecified atom stereocenters. The molecule has 0 aliphatic carbocycles. The fourth-order valence-corrected chi connectivity index (χ4v) is 3.85. The summed E-state index contributed by atoms with van der Waals surface area (Å²) in [6.45, 7) is 8.61. The van der Waals surface area contributed by atoms with Crippen LogP contribution in [0.4, 0.5) is 0 Å². The lowest BCUT2D eigenvalue weighted by Gasteiger charge is -2.09. The third-order valence-corrected chi connectivity index (χ3v) is 5.53. The van der Waals surface area contributed by atoms with Crippen molar-refractivity contribution >= 4 is 0 Å². The molecule has 1 rings (SSSR count). The van der Waals surface area contributed by atoms with Crippen LogP contribution in [-0.4, -0.2) is 4.98 Å². The molecule has 0 saturated heterocycles. The number of aryl methyl sites for hydroxylation is 3. The summed E-state index contributed by atoms with van der Waals surface area (Å²) >= 11 is 0. The van der Waals surface area contributed by atoms with E-state index >= 15 is 0 Å². The van der Waals surface area contributed by atoms with E-state index in [1.807, 2.05) is 0 Å². The summed E-state index contributed by atoms with van der Waals surface area (Å²) in [4.78, 5) is 4.99. The summed E-state index contributed by atoms with van der Waals surface area (Å²) in [5, 5.41) is 0. The first-order valence-corrected chi connectivity index (χ1v) is 12.1. The summed E-state index contributed by atoms with van der Waals surface area (Å²) < 4.78 is 0. The van der Waals surface area contributed by atoms with Crippen molar-refractivity contribution < 1.29 is 0 Å². The Hall–Kier alpha value is -0.850. The molecule has 0 spiro atoms. The molecule has 0 aliphatic heterocycles. The molecule has 0 saturated carbocycles. The Morgan fingerprint density at radius 1 is 0.593 bits per heavy atom. The van der Waals surface area contributed by atoms with Crippen LogP contribution in [0.1, 0.15) is 127 Å². The molecule has 1 nitrogen and oxygen atoms in total. The van der Waals surface area contributed by atoms with Crippen LogP contribution in [0.25, 0.3) is 0 Å². The lowest BCUT2D eigenvalue weighted by Crippen LogP contribution is -2.00. The van der Waals surface area contributed by atoms with E-state index in [9.17, 15) is 0 Å². The van der Waals surface area contributed by atoms with Crippen LogP contribution in [0.3, 0.4) is 0 Å². The number of nitrogens with zero attached hydrogens (tertiary/aromatic N) is 1. The summed E-state index contributed by atoms with van der Waals surface area (Å²) in [5.41, 5.74) is 4.11. The number of pyridine rings is 1. The highest BCUT2D eigenvalue weighted by atomic mass is 14.7. The molecule has 27 heavy (non-hydrogen) atoms. The Kier molecular flexibility index (Phi) is 15.5. The zero-order valence-electron chi connectivity index (χ0n) is 18.5. The van der Waals surface area contributed by atoms with E-state index in [1.165, 1.54) is 107 Å². The standard InChI is InChI=1S/C26H46N/c1-4-7-9-11-13-15-17-20-25-22-24(19-6-3)23-26(27-25)21-18-16-14-12-10-8-5-2/h22-23H,3-21H2,1-2H3. The van der Waals surface area contributed by atoms with Crippen LogP contribution >= 0.6 is 0 Å². The van der Waals surface area contributed by atoms with Gasteiger partial charge >= 0.3 is 0 Å². The maximum absolute atomic E-state index is 4.99. The molecule has 1 aromatic heterocycles. The molecule has 0 aromatic carbocycles. The second-order valence-corrected chi connectivity index (χ2v) is 8.30. The Morgan fingerprint density at radius 3 is 1.41 bits per heavy atom. The molecule has 1 radical (unpaired) electrons. The molecule has 1 heteroatoms. The maximum atomic E-state index is 4.99. The molecular formula is C26H46N. The van der Waals surface area contributed by atoms with E-state index in [0.717, 1.165) is 25.7 Å². The van der Waals surface area contributed by atoms with Gasteiger partial charge in [-0.1, -0.05) is 97.8 Å². The van der Waals surface area contributed by atoms with Gasteiger partial charge in [0.05, 0.1) is 0 Å². The zero-order chi connectivity index (χ0) is 19.6. The number of aromatic nitrogens is 1. The molecular weight excluding hydrogens is 326 g/mol. The quantitative estimate of drug-likeness (QED) is 0.236. The molecule has 0 amide bonds. The normalized spacial score (nSPS) is 11.2. The van der Waals surface area contributed by atoms with Crippen molar-refractivity contribution in [2.75, 3.05) is 0 Å². The first-order chi connectivity index (χ1) is 13.3. The van der Waals surface area contributed by atoms with Crippen molar-refractivity contribution in [1.82, 2.24) is 4.98 Å². The minimum Gasteiger partial charge on any atom is -0.258 e. The summed E-state index contributed by atoms with van der Waals surface area (Å²) in [7, 11) is 0. The van der Waals surface area contributed by atoms with Gasteiger partial charge in [-0.05, 0) is 56.2 Å². The van der Waals surface area contributed by atoms with Gasteiger partial charge < -0.3 is 0 Å². The zero-order valence-corrected chi connectivity index (χ0v) is 18.5. The van der Waals surface area contributed by atoms with Crippen molar-refractivity contribution in [2.45, 2.75) is 129 Å². The van der Waals surface area contributed by atoms with Crippen molar-refractivity contribution in [1.29, 1.82) is 0 Å². The maximum Gasteiger partial charge on any atom is 0.0409 e. The third kappa shape index (κ3) is 13.0. The van der Waals surface area contributed by atoms with Crippen molar-refractivity contribution in [3.05, 3.63) is 36.0 Å². The van der Waals surface area contributed by atoms with Crippen molar-refractivity contribution in [3.8, 4) is 0 Å². The van der Waals surface area contributed by atoms with E-state index in [0.29, 0.717) is 0 Å². The van der Waals surface area contributed by atoms with Gasteiger partial charge in [-0.3, -0.25) is 4.98 Å². The fraction of sp³-hybridized carbons (Fsp3) is 0.769. The van der Waals surface area contributed by atoms with Gasteiger partial charge in [0, 0.05) is 11.4 Å². The van der Waals surface area contributed by atoms with Gasteiger partial charge in [-0.25, -0.2) is 0 Å². The van der Waals surface area contributed by atoms with E-state index in [2.05, 4.69) is 32.9 Å². The molecule has 155 valence electrons. The van der Waals surface area contributed by atoms with E-state index in [-0.39, 0.29) is 0 Å². The predicted octanol–water partition coefficient (Wildman–Crippen LogP) is 8.43. The van der Waals surface area contributed by atoms with Gasteiger partial charge in [-0.15, -0.1) is 0 Å². The van der Waals surface area contributed by atoms with E-state index in [4.69, 9.17) is 4.98 Å². The van der Waals surface area contributed by atoms with Gasteiger partial charge in [0.2, 0.25) is 0 Å². The molecule has 0 N–H and O–H groups in total. The molecule has 1 aromatic rings. The number of hydrogen-bond acceptors (Lipinski definition) is 1. The van der Waals surface area contributed by atoms with Crippen LogP contribution in [0.2, 0.25) is 0 Å². The second kappa shape index (κ2) is 17.3. The van der Waals surface area contributed by atoms with Crippen LogP contribution in [-0.2, 0) is 19.3 Å². The van der Waals surface area contributed by atoms with E-state index < -0.39 is 0 Å². The lowest BCUT2D eigenvalue weighted by molar-refractivity contribution is 0.582. The largest absolute Gasteiger partial charge is 0.258 e. The number of unbranched alkanes of at least 4 members (excludes halogenated alkanes) is 12. The second-order valence-electron chi connectivity index (χ2n) is 8.30. The average Bonchev–Trinajstić information content (AvgIpc) is 2.67. The minimum atomic E-state index is 0.984. The molecule has 0 aliphatic rings. The topological polar surface area (TPSA) is 12.9 Å². The SMILES string of the molecule is [CH2]CCc1cc(CCCCCCCCC)nc(CCCCCCCCC)c1. The smallest absolute Gasteiger partial charge is 0.0409 e. The number of rotatable bonds is 18. The van der Waals surface area contributed by atoms with Crippen LogP contribution in [0.15, 0.2) is 12.1 Å². The molecule has 0 fully saturated rings. The van der Waals surface area contributed by atoms with Gasteiger partial charge in [-0.2, -0.15) is 0 Å². The Bertz CT molecular complexity index is 415. The molecule has 1 heterocycles. The average molecular weight is 373 g/mol. The monoisotopic (exact) mass is 372 g/mol. The van der Waals surface area contributed by atoms with Crippen LogP contribution in [0.5, 0.6) is 0 Å². The Balaban J connectivity index is 2.34. The Morgan fingerprint density at radius 2 is 1.00 bits per heavy atom. The van der Waals surface area contributed by atoms with Crippen LogP contribution in [0, 0.1) is 6.92 Å². The third-order valence-electron chi connectivity index (χ3n) is 5.53. The summed E-state index contributed by atoms with van der Waals surface area (Å²) in [5.74, 6) is 0. The fourth-order valence-electron chi connectivity index (χ4n) is 3.85. The minimum absolute atomic E-state index is 0.984. The van der Waals surface area contributed by atoms with Crippen molar-refractivity contribution in [3.63, 3.8) is 0 Å². The van der Waals surface area contributed by atoms with Gasteiger partial charge in [0.15, 0.2) is 0 Å².